The number of fused-ring (bicyclic) bond motifs is 1. The van der Waals surface area contributed by atoms with Gasteiger partial charge in [-0.15, -0.1) is 0 Å². The van der Waals surface area contributed by atoms with E-state index in [1.807, 2.05) is 0 Å². The van der Waals surface area contributed by atoms with Crippen LogP contribution in [0.25, 0.3) is 0 Å². The van der Waals surface area contributed by atoms with E-state index >= 15 is 0 Å². The summed E-state index contributed by atoms with van der Waals surface area (Å²) in [5, 5.41) is 0. The van der Waals surface area contributed by atoms with Crippen LogP contribution in [0.5, 0.6) is 0 Å². The molecule has 0 radical (unpaired) electrons. The second-order valence-electron chi connectivity index (χ2n) is 6.38. The minimum Gasteiger partial charge on any atom is -0.370 e. The molecule has 0 saturated carbocycles. The number of anilines is 1. The number of sulfone groups is 1. The molecule has 118 valence electrons. The molecule has 4 nitrogen and oxygen atoms in total. The van der Waals surface area contributed by atoms with Gasteiger partial charge >= 0.3 is 0 Å². The van der Waals surface area contributed by atoms with E-state index < -0.39 is 9.84 Å². The van der Waals surface area contributed by atoms with Crippen molar-refractivity contribution in [1.82, 2.24) is 0 Å². The Hall–Kier alpha value is -1.62. The Kier molecular flexibility index (Phi) is 3.85. The number of hydrogen-bond acceptors (Lipinski definition) is 4. The van der Waals surface area contributed by atoms with Gasteiger partial charge in [0.05, 0.1) is 10.6 Å². The lowest BCUT2D eigenvalue weighted by Gasteiger charge is -2.22. The van der Waals surface area contributed by atoms with E-state index in [4.69, 9.17) is 0 Å². The first-order chi connectivity index (χ1) is 10.4. The fourth-order valence-electron chi connectivity index (χ4n) is 3.51. The van der Waals surface area contributed by atoms with Gasteiger partial charge in [0, 0.05) is 24.9 Å². The van der Waals surface area contributed by atoms with Gasteiger partial charge in [-0.3, -0.25) is 4.79 Å². The number of allylic oxidation sites excluding steroid dienone is 2. The van der Waals surface area contributed by atoms with Crippen molar-refractivity contribution in [2.75, 3.05) is 24.2 Å². The molecule has 1 aliphatic heterocycles. The van der Waals surface area contributed by atoms with E-state index in [2.05, 4.69) is 17.1 Å². The van der Waals surface area contributed by atoms with Crippen molar-refractivity contribution >= 4 is 21.3 Å². The summed E-state index contributed by atoms with van der Waals surface area (Å²) in [4.78, 5) is 14.1. The number of rotatable bonds is 3. The highest BCUT2D eigenvalue weighted by atomic mass is 32.2. The minimum atomic E-state index is -3.31. The first kappa shape index (κ1) is 15.3. The third-order valence-electron chi connectivity index (χ3n) is 4.73. The number of hydrogen-bond donors (Lipinski definition) is 0. The Bertz CT molecular complexity index is 720. The number of Topliss-reactive ketones (excluding diaryl/α,β-unsaturated/α-hetero) is 1. The highest BCUT2D eigenvalue weighted by molar-refractivity contribution is 7.90. The van der Waals surface area contributed by atoms with Crippen molar-refractivity contribution in [3.63, 3.8) is 0 Å². The van der Waals surface area contributed by atoms with Crippen molar-refractivity contribution in [2.24, 2.45) is 11.8 Å². The van der Waals surface area contributed by atoms with E-state index in [0.717, 1.165) is 25.9 Å². The third kappa shape index (κ3) is 2.82. The summed E-state index contributed by atoms with van der Waals surface area (Å²) in [5.74, 6) is 1.12. The molecular formula is C17H21NO3S. The van der Waals surface area contributed by atoms with Crippen LogP contribution in [0.4, 0.5) is 5.69 Å². The molecular weight excluding hydrogens is 298 g/mol. The Morgan fingerprint density at radius 1 is 1.14 bits per heavy atom. The Labute approximate surface area is 131 Å². The predicted molar refractivity (Wildman–Crippen MR) is 87.1 cm³/mol. The van der Waals surface area contributed by atoms with Gasteiger partial charge in [0.25, 0.3) is 0 Å². The molecule has 1 aromatic carbocycles. The number of carbonyl (C=O) groups is 1. The topological polar surface area (TPSA) is 54.5 Å². The van der Waals surface area contributed by atoms with Gasteiger partial charge in [0.2, 0.25) is 0 Å². The lowest BCUT2D eigenvalue weighted by Crippen LogP contribution is -2.22. The van der Waals surface area contributed by atoms with E-state index in [9.17, 15) is 13.2 Å². The first-order valence-corrected chi connectivity index (χ1v) is 9.50. The maximum absolute atomic E-state index is 12.1. The standard InChI is InChI=1S/C17H21NO3S/c1-12(19)13-7-8-17(22(2,20)21)16(9-13)18-10-14-5-3-4-6-15(14)11-18/h3-4,7-9,14-15H,5-6,10-11H2,1-2H3/t14-,15-/m1/s1. The molecule has 1 aromatic rings. The molecule has 1 aliphatic carbocycles. The molecule has 0 bridgehead atoms. The Morgan fingerprint density at radius 2 is 1.73 bits per heavy atom. The van der Waals surface area contributed by atoms with Crippen molar-refractivity contribution in [1.29, 1.82) is 0 Å². The fourth-order valence-corrected chi connectivity index (χ4v) is 4.39. The van der Waals surface area contributed by atoms with Crippen LogP contribution in [0.2, 0.25) is 0 Å². The summed E-state index contributed by atoms with van der Waals surface area (Å²) in [6.45, 7) is 3.23. The number of ketones is 1. The van der Waals surface area contributed by atoms with Crippen molar-refractivity contribution in [2.45, 2.75) is 24.7 Å². The average molecular weight is 319 g/mol. The van der Waals surface area contributed by atoms with Crippen LogP contribution in [-0.2, 0) is 9.84 Å². The van der Waals surface area contributed by atoms with Crippen LogP contribution < -0.4 is 4.90 Å². The van der Waals surface area contributed by atoms with Crippen molar-refractivity contribution < 1.29 is 13.2 Å². The zero-order valence-electron chi connectivity index (χ0n) is 13.0. The third-order valence-corrected chi connectivity index (χ3v) is 5.87. The second-order valence-corrected chi connectivity index (χ2v) is 8.36. The van der Waals surface area contributed by atoms with Gasteiger partial charge in [0.1, 0.15) is 0 Å². The van der Waals surface area contributed by atoms with Crippen LogP contribution in [0, 0.1) is 11.8 Å². The summed E-state index contributed by atoms with van der Waals surface area (Å²) in [6.07, 6.45) is 7.77. The van der Waals surface area contributed by atoms with E-state index in [1.165, 1.54) is 13.2 Å². The molecule has 2 atom stereocenters. The molecule has 1 saturated heterocycles. The van der Waals surface area contributed by atoms with Crippen molar-refractivity contribution in [3.05, 3.63) is 35.9 Å². The zero-order chi connectivity index (χ0) is 15.9. The van der Waals surface area contributed by atoms with E-state index in [0.29, 0.717) is 28.0 Å². The molecule has 0 amide bonds. The highest BCUT2D eigenvalue weighted by Crippen LogP contribution is 2.38. The number of carbonyl (C=O) groups excluding carboxylic acids is 1. The normalized spacial score (nSPS) is 24.4. The molecule has 0 N–H and O–H groups in total. The van der Waals surface area contributed by atoms with Crippen LogP contribution in [0.3, 0.4) is 0 Å². The van der Waals surface area contributed by atoms with Gasteiger partial charge in [-0.1, -0.05) is 12.2 Å². The number of benzene rings is 1. The van der Waals surface area contributed by atoms with Gasteiger partial charge in [0.15, 0.2) is 15.6 Å². The maximum Gasteiger partial charge on any atom is 0.177 e. The zero-order valence-corrected chi connectivity index (χ0v) is 13.8. The highest BCUT2D eigenvalue weighted by Gasteiger charge is 2.34. The van der Waals surface area contributed by atoms with Gasteiger partial charge in [-0.25, -0.2) is 8.42 Å². The molecule has 5 heteroatoms. The molecule has 0 spiro atoms. The summed E-state index contributed by atoms with van der Waals surface area (Å²) in [7, 11) is -3.31. The molecule has 2 aliphatic rings. The monoisotopic (exact) mass is 319 g/mol. The lowest BCUT2D eigenvalue weighted by atomic mass is 9.86. The lowest BCUT2D eigenvalue weighted by molar-refractivity contribution is 0.101. The van der Waals surface area contributed by atoms with Crippen LogP contribution in [0.1, 0.15) is 30.1 Å². The molecule has 3 rings (SSSR count). The summed E-state index contributed by atoms with van der Waals surface area (Å²) < 4.78 is 24.2. The van der Waals surface area contributed by atoms with Crippen LogP contribution in [0.15, 0.2) is 35.2 Å². The molecule has 0 unspecified atom stereocenters. The quantitative estimate of drug-likeness (QED) is 0.635. The van der Waals surface area contributed by atoms with E-state index in [1.54, 1.807) is 18.2 Å². The summed E-state index contributed by atoms with van der Waals surface area (Å²) in [5.41, 5.74) is 1.25. The largest absolute Gasteiger partial charge is 0.370 e. The smallest absolute Gasteiger partial charge is 0.177 e. The fraction of sp³-hybridized carbons (Fsp3) is 0.471. The summed E-state index contributed by atoms with van der Waals surface area (Å²) >= 11 is 0. The average Bonchev–Trinajstić information content (AvgIpc) is 2.89. The van der Waals surface area contributed by atoms with Gasteiger partial charge < -0.3 is 4.90 Å². The first-order valence-electron chi connectivity index (χ1n) is 7.61. The number of nitrogens with zero attached hydrogens (tertiary/aromatic N) is 1. The molecule has 22 heavy (non-hydrogen) atoms. The molecule has 0 aromatic heterocycles. The maximum atomic E-state index is 12.1. The Balaban J connectivity index is 2.01. The molecule has 1 heterocycles. The van der Waals surface area contributed by atoms with E-state index in [-0.39, 0.29) is 5.78 Å². The SMILES string of the molecule is CC(=O)c1ccc(S(C)(=O)=O)c(N2C[C@H]3CC=CC[C@@H]3C2)c1. The second kappa shape index (κ2) is 5.54. The van der Waals surface area contributed by atoms with Crippen LogP contribution in [-0.4, -0.2) is 33.5 Å². The predicted octanol–water partition coefficient (Wildman–Crippen LogP) is 2.70. The minimum absolute atomic E-state index is 0.0421. The van der Waals surface area contributed by atoms with Crippen LogP contribution >= 0.6 is 0 Å². The summed E-state index contributed by atoms with van der Waals surface area (Å²) in [6, 6.07) is 4.91. The van der Waals surface area contributed by atoms with Gasteiger partial charge in [-0.2, -0.15) is 0 Å². The van der Waals surface area contributed by atoms with Crippen molar-refractivity contribution in [3.8, 4) is 0 Å². The molecule has 1 fully saturated rings. The Morgan fingerprint density at radius 3 is 2.23 bits per heavy atom. The van der Waals surface area contributed by atoms with Gasteiger partial charge in [-0.05, 0) is 49.8 Å².